The minimum Gasteiger partial charge on any atom is -0.347 e. The Bertz CT molecular complexity index is 385. The third kappa shape index (κ3) is 3.80. The SMILES string of the molecule is CCC[C@H](N)C(=O)NC(c1cccs1)C1CCCC1. The number of carbonyl (C=O) groups is 1. The summed E-state index contributed by atoms with van der Waals surface area (Å²) in [5.74, 6) is 0.587. The van der Waals surface area contributed by atoms with Gasteiger partial charge < -0.3 is 11.1 Å². The first-order valence-corrected chi connectivity index (χ1v) is 8.19. The van der Waals surface area contributed by atoms with Crippen molar-refractivity contribution in [1.29, 1.82) is 0 Å². The number of nitrogens with two attached hydrogens (primary N) is 1. The van der Waals surface area contributed by atoms with Gasteiger partial charge in [-0.1, -0.05) is 32.3 Å². The number of hydrogen-bond donors (Lipinski definition) is 2. The predicted molar refractivity (Wildman–Crippen MR) is 80.0 cm³/mol. The maximum Gasteiger partial charge on any atom is 0.237 e. The Morgan fingerprint density at radius 2 is 2.26 bits per heavy atom. The molecule has 0 spiro atoms. The summed E-state index contributed by atoms with van der Waals surface area (Å²) in [5, 5.41) is 5.27. The molecule has 1 heterocycles. The summed E-state index contributed by atoms with van der Waals surface area (Å²) in [7, 11) is 0. The van der Waals surface area contributed by atoms with E-state index in [0.29, 0.717) is 5.92 Å². The minimum absolute atomic E-state index is 0.00662. The molecule has 2 atom stereocenters. The third-order valence-electron chi connectivity index (χ3n) is 3.96. The molecule has 2 rings (SSSR count). The summed E-state index contributed by atoms with van der Waals surface area (Å²) in [6.45, 7) is 2.06. The van der Waals surface area contributed by atoms with E-state index in [4.69, 9.17) is 5.73 Å². The molecule has 1 unspecified atom stereocenters. The number of hydrogen-bond acceptors (Lipinski definition) is 3. The summed E-state index contributed by atoms with van der Waals surface area (Å²) in [6.07, 6.45) is 6.69. The van der Waals surface area contributed by atoms with Gasteiger partial charge in [-0.2, -0.15) is 0 Å². The van der Waals surface area contributed by atoms with E-state index in [2.05, 4.69) is 29.8 Å². The largest absolute Gasteiger partial charge is 0.347 e. The fraction of sp³-hybridized carbons (Fsp3) is 0.667. The normalized spacial score (nSPS) is 19.3. The molecule has 0 saturated heterocycles. The van der Waals surface area contributed by atoms with Gasteiger partial charge in [-0.25, -0.2) is 0 Å². The Morgan fingerprint density at radius 3 is 2.84 bits per heavy atom. The first kappa shape index (κ1) is 14.5. The molecule has 0 radical (unpaired) electrons. The highest BCUT2D eigenvalue weighted by molar-refractivity contribution is 7.10. The minimum atomic E-state index is -0.367. The Balaban J connectivity index is 2.03. The second-order valence-corrected chi connectivity index (χ2v) is 6.42. The van der Waals surface area contributed by atoms with Gasteiger partial charge >= 0.3 is 0 Å². The van der Waals surface area contributed by atoms with Gasteiger partial charge in [0.15, 0.2) is 0 Å². The molecular weight excluding hydrogens is 256 g/mol. The lowest BCUT2D eigenvalue weighted by molar-refractivity contribution is -0.123. The molecule has 1 fully saturated rings. The fourth-order valence-corrected chi connectivity index (χ4v) is 3.75. The van der Waals surface area contributed by atoms with Crippen LogP contribution in [0.15, 0.2) is 17.5 Å². The summed E-state index contributed by atoms with van der Waals surface area (Å²) in [5.41, 5.74) is 5.92. The molecule has 1 aliphatic rings. The van der Waals surface area contributed by atoms with Crippen LogP contribution in [0.5, 0.6) is 0 Å². The maximum atomic E-state index is 12.2. The molecule has 4 heteroatoms. The number of nitrogens with one attached hydrogen (secondary N) is 1. The third-order valence-corrected chi connectivity index (χ3v) is 4.91. The highest BCUT2D eigenvalue weighted by atomic mass is 32.1. The summed E-state index contributed by atoms with van der Waals surface area (Å²) < 4.78 is 0. The smallest absolute Gasteiger partial charge is 0.237 e. The van der Waals surface area contributed by atoms with Gasteiger partial charge in [0.2, 0.25) is 5.91 Å². The number of carbonyl (C=O) groups excluding carboxylic acids is 1. The quantitative estimate of drug-likeness (QED) is 0.840. The number of amides is 1. The predicted octanol–water partition coefficient (Wildman–Crippen LogP) is 3.22. The monoisotopic (exact) mass is 280 g/mol. The summed E-state index contributed by atoms with van der Waals surface area (Å²) >= 11 is 1.73. The van der Waals surface area contributed by atoms with Crippen LogP contribution in [-0.2, 0) is 4.79 Å². The number of thiophene rings is 1. The molecular formula is C15H24N2OS. The van der Waals surface area contributed by atoms with E-state index in [9.17, 15) is 4.79 Å². The van der Waals surface area contributed by atoms with Crippen molar-refractivity contribution in [3.63, 3.8) is 0 Å². The van der Waals surface area contributed by atoms with Crippen LogP contribution in [0.1, 0.15) is 56.4 Å². The van der Waals surface area contributed by atoms with Crippen LogP contribution < -0.4 is 11.1 Å². The van der Waals surface area contributed by atoms with Crippen LogP contribution in [0.25, 0.3) is 0 Å². The van der Waals surface area contributed by atoms with Gasteiger partial charge in [-0.3, -0.25) is 4.79 Å². The summed E-state index contributed by atoms with van der Waals surface area (Å²) in [6, 6.07) is 3.98. The molecule has 3 N–H and O–H groups in total. The maximum absolute atomic E-state index is 12.2. The van der Waals surface area contributed by atoms with Crippen molar-refractivity contribution < 1.29 is 4.79 Å². The Kier molecular flexibility index (Phi) is 5.40. The van der Waals surface area contributed by atoms with Gasteiger partial charge in [0.1, 0.15) is 0 Å². The van der Waals surface area contributed by atoms with Crippen LogP contribution in [0.3, 0.4) is 0 Å². The highest BCUT2D eigenvalue weighted by Gasteiger charge is 2.29. The van der Waals surface area contributed by atoms with Crippen molar-refractivity contribution in [2.24, 2.45) is 11.7 Å². The topological polar surface area (TPSA) is 55.1 Å². The molecule has 3 nitrogen and oxygen atoms in total. The van der Waals surface area contributed by atoms with Crippen LogP contribution in [0, 0.1) is 5.92 Å². The van der Waals surface area contributed by atoms with Crippen molar-refractivity contribution in [2.75, 3.05) is 0 Å². The van der Waals surface area contributed by atoms with E-state index in [1.54, 1.807) is 11.3 Å². The summed E-state index contributed by atoms with van der Waals surface area (Å²) in [4.78, 5) is 13.4. The zero-order valence-electron chi connectivity index (χ0n) is 11.6. The average molecular weight is 280 g/mol. The second-order valence-electron chi connectivity index (χ2n) is 5.44. The zero-order chi connectivity index (χ0) is 13.7. The van der Waals surface area contributed by atoms with E-state index in [1.165, 1.54) is 30.6 Å². The van der Waals surface area contributed by atoms with Crippen molar-refractivity contribution in [3.05, 3.63) is 22.4 Å². The highest BCUT2D eigenvalue weighted by Crippen LogP contribution is 2.37. The van der Waals surface area contributed by atoms with Crippen LogP contribution in [0.4, 0.5) is 0 Å². The van der Waals surface area contributed by atoms with Gasteiger partial charge in [-0.05, 0) is 36.6 Å². The Morgan fingerprint density at radius 1 is 1.53 bits per heavy atom. The lowest BCUT2D eigenvalue weighted by Crippen LogP contribution is -2.43. The van der Waals surface area contributed by atoms with E-state index in [0.717, 1.165) is 12.8 Å². The molecule has 1 aromatic heterocycles. The molecule has 0 aliphatic heterocycles. The first-order chi connectivity index (χ1) is 9.22. The molecule has 0 bridgehead atoms. The van der Waals surface area contributed by atoms with E-state index in [1.807, 2.05) is 0 Å². The van der Waals surface area contributed by atoms with E-state index in [-0.39, 0.29) is 18.0 Å². The Hall–Kier alpha value is -0.870. The fourth-order valence-electron chi connectivity index (χ4n) is 2.88. The Labute approximate surface area is 119 Å². The van der Waals surface area contributed by atoms with Gasteiger partial charge in [0.25, 0.3) is 0 Å². The molecule has 1 aliphatic carbocycles. The van der Waals surface area contributed by atoms with Crippen molar-refractivity contribution >= 4 is 17.2 Å². The first-order valence-electron chi connectivity index (χ1n) is 7.31. The van der Waals surface area contributed by atoms with Crippen molar-refractivity contribution in [2.45, 2.75) is 57.5 Å². The lowest BCUT2D eigenvalue weighted by atomic mass is 9.96. The molecule has 106 valence electrons. The molecule has 1 amide bonds. The average Bonchev–Trinajstić information content (AvgIpc) is 3.09. The van der Waals surface area contributed by atoms with Crippen LogP contribution in [-0.4, -0.2) is 11.9 Å². The molecule has 0 aromatic carbocycles. The van der Waals surface area contributed by atoms with Gasteiger partial charge in [-0.15, -0.1) is 11.3 Å². The van der Waals surface area contributed by atoms with Crippen LogP contribution >= 0.6 is 11.3 Å². The standard InChI is InChI=1S/C15H24N2OS/c1-2-6-12(16)15(18)17-14(11-7-3-4-8-11)13-9-5-10-19-13/h5,9-12,14H,2-4,6-8,16H2,1H3,(H,17,18)/t12-,14?/m0/s1. The molecule has 1 aromatic rings. The zero-order valence-corrected chi connectivity index (χ0v) is 12.4. The molecule has 1 saturated carbocycles. The van der Waals surface area contributed by atoms with Crippen molar-refractivity contribution in [3.8, 4) is 0 Å². The van der Waals surface area contributed by atoms with Crippen molar-refractivity contribution in [1.82, 2.24) is 5.32 Å². The van der Waals surface area contributed by atoms with E-state index < -0.39 is 0 Å². The van der Waals surface area contributed by atoms with Gasteiger partial charge in [0, 0.05) is 4.88 Å². The van der Waals surface area contributed by atoms with Crippen LogP contribution in [0.2, 0.25) is 0 Å². The molecule has 19 heavy (non-hydrogen) atoms. The number of rotatable bonds is 6. The lowest BCUT2D eigenvalue weighted by Gasteiger charge is -2.25. The van der Waals surface area contributed by atoms with Gasteiger partial charge in [0.05, 0.1) is 12.1 Å². The van der Waals surface area contributed by atoms with E-state index >= 15 is 0 Å². The second kappa shape index (κ2) is 7.06.